The Hall–Kier alpha value is -1.29. The Morgan fingerprint density at radius 3 is 2.29 bits per heavy atom. The van der Waals surface area contributed by atoms with Gasteiger partial charge in [-0.2, -0.15) is 18.4 Å². The van der Waals surface area contributed by atoms with E-state index in [0.717, 1.165) is 7.11 Å². The number of ether oxygens (including phenoxy) is 1. The summed E-state index contributed by atoms with van der Waals surface area (Å²) in [6.45, 7) is 2.50. The van der Waals surface area contributed by atoms with Crippen LogP contribution in [0.1, 0.15) is 13.8 Å². The smallest absolute Gasteiger partial charge is 0.405 e. The van der Waals surface area contributed by atoms with E-state index in [4.69, 9.17) is 5.26 Å². The fourth-order valence-corrected chi connectivity index (χ4v) is 1.14. The number of nitriles is 1. The Morgan fingerprint density at radius 2 is 2.00 bits per heavy atom. The summed E-state index contributed by atoms with van der Waals surface area (Å²) in [5.74, 6) is -2.73. The maximum absolute atomic E-state index is 12.4. The molecule has 0 aromatic carbocycles. The van der Waals surface area contributed by atoms with Crippen molar-refractivity contribution in [3.8, 4) is 6.07 Å². The van der Waals surface area contributed by atoms with E-state index in [-0.39, 0.29) is 12.6 Å². The van der Waals surface area contributed by atoms with Gasteiger partial charge in [-0.15, -0.1) is 0 Å². The van der Waals surface area contributed by atoms with Crippen molar-refractivity contribution >= 4 is 5.97 Å². The van der Waals surface area contributed by atoms with Crippen molar-refractivity contribution < 1.29 is 22.7 Å². The molecule has 0 N–H and O–H groups in total. The highest BCUT2D eigenvalue weighted by atomic mass is 19.4. The largest absolute Gasteiger partial charge is 0.468 e. The van der Waals surface area contributed by atoms with Crippen LogP contribution >= 0.6 is 0 Å². The third kappa shape index (κ3) is 5.54. The minimum atomic E-state index is -4.59. The van der Waals surface area contributed by atoms with E-state index < -0.39 is 24.6 Å². The SMILES string of the molecule is COC(=O)CN(CC(C#N)C(F)(F)F)C(C)C. The first-order valence-corrected chi connectivity index (χ1v) is 4.99. The van der Waals surface area contributed by atoms with Gasteiger partial charge in [-0.05, 0) is 13.8 Å². The molecule has 7 heteroatoms. The van der Waals surface area contributed by atoms with E-state index in [1.807, 2.05) is 0 Å². The number of hydrogen-bond acceptors (Lipinski definition) is 4. The summed E-state index contributed by atoms with van der Waals surface area (Å²) in [5.41, 5.74) is 0. The Kier molecular flexibility index (Phi) is 5.96. The molecule has 0 aliphatic rings. The van der Waals surface area contributed by atoms with Crippen LogP contribution in [0.3, 0.4) is 0 Å². The maximum atomic E-state index is 12.4. The highest BCUT2D eigenvalue weighted by molar-refractivity contribution is 5.71. The summed E-state index contributed by atoms with van der Waals surface area (Å²) >= 11 is 0. The second kappa shape index (κ2) is 6.45. The topological polar surface area (TPSA) is 53.3 Å². The Morgan fingerprint density at radius 1 is 1.47 bits per heavy atom. The molecule has 1 unspecified atom stereocenters. The molecule has 0 bridgehead atoms. The molecule has 98 valence electrons. The van der Waals surface area contributed by atoms with E-state index in [2.05, 4.69) is 4.74 Å². The average Bonchev–Trinajstić information content (AvgIpc) is 2.21. The van der Waals surface area contributed by atoms with Crippen molar-refractivity contribution in [2.24, 2.45) is 5.92 Å². The lowest BCUT2D eigenvalue weighted by Gasteiger charge is -2.27. The van der Waals surface area contributed by atoms with Crippen LogP contribution in [-0.2, 0) is 9.53 Å². The zero-order valence-corrected chi connectivity index (χ0v) is 9.91. The number of esters is 1. The van der Waals surface area contributed by atoms with Crippen LogP contribution in [0.25, 0.3) is 0 Å². The second-order valence-electron chi connectivity index (χ2n) is 3.82. The summed E-state index contributed by atoms with van der Waals surface area (Å²) in [5, 5.41) is 8.47. The van der Waals surface area contributed by atoms with Crippen LogP contribution in [0.4, 0.5) is 13.2 Å². The average molecular weight is 252 g/mol. The Bertz CT molecular complexity index is 297. The summed E-state index contributed by atoms with van der Waals surface area (Å²) in [6.07, 6.45) is -4.59. The molecule has 0 aliphatic carbocycles. The number of halogens is 3. The van der Waals surface area contributed by atoms with Crippen LogP contribution < -0.4 is 0 Å². The Labute approximate surface area is 97.9 Å². The fourth-order valence-electron chi connectivity index (χ4n) is 1.14. The highest BCUT2D eigenvalue weighted by Crippen LogP contribution is 2.26. The summed E-state index contributed by atoms with van der Waals surface area (Å²) in [4.78, 5) is 12.3. The lowest BCUT2D eigenvalue weighted by Crippen LogP contribution is -2.42. The van der Waals surface area contributed by atoms with Crippen molar-refractivity contribution in [2.75, 3.05) is 20.2 Å². The summed E-state index contributed by atoms with van der Waals surface area (Å²) in [7, 11) is 1.16. The molecule has 0 aromatic heterocycles. The van der Waals surface area contributed by atoms with Gasteiger partial charge in [-0.25, -0.2) is 0 Å². The highest BCUT2D eigenvalue weighted by Gasteiger charge is 2.41. The number of alkyl halides is 3. The predicted octanol–water partition coefficient (Wildman–Crippen LogP) is 1.57. The van der Waals surface area contributed by atoms with Gasteiger partial charge in [0.1, 0.15) is 0 Å². The number of hydrogen-bond donors (Lipinski definition) is 0. The van der Waals surface area contributed by atoms with E-state index >= 15 is 0 Å². The maximum Gasteiger partial charge on any atom is 0.405 e. The molecule has 0 aromatic rings. The van der Waals surface area contributed by atoms with Crippen LogP contribution in [0.15, 0.2) is 0 Å². The predicted molar refractivity (Wildman–Crippen MR) is 53.9 cm³/mol. The summed E-state index contributed by atoms with van der Waals surface area (Å²) < 4.78 is 41.6. The molecule has 0 amide bonds. The standard InChI is InChI=1S/C10H15F3N2O2/c1-7(2)15(6-9(16)17-3)5-8(4-14)10(11,12)13/h7-8H,5-6H2,1-3H3. The molecule has 0 spiro atoms. The fraction of sp³-hybridized carbons (Fsp3) is 0.800. The van der Waals surface area contributed by atoms with Crippen molar-refractivity contribution in [1.29, 1.82) is 5.26 Å². The Balaban J connectivity index is 4.65. The quantitative estimate of drug-likeness (QED) is 0.697. The first-order chi connectivity index (χ1) is 7.72. The van der Waals surface area contributed by atoms with Gasteiger partial charge in [0, 0.05) is 12.6 Å². The molecule has 0 saturated heterocycles. The van der Waals surface area contributed by atoms with Gasteiger partial charge in [-0.1, -0.05) is 0 Å². The third-order valence-corrected chi connectivity index (χ3v) is 2.26. The molecule has 0 rings (SSSR count). The van der Waals surface area contributed by atoms with E-state index in [9.17, 15) is 18.0 Å². The third-order valence-electron chi connectivity index (χ3n) is 2.26. The molecular formula is C10H15F3N2O2. The molecular weight excluding hydrogens is 237 g/mol. The van der Waals surface area contributed by atoms with Crippen LogP contribution in [0.5, 0.6) is 0 Å². The van der Waals surface area contributed by atoms with Gasteiger partial charge in [-0.3, -0.25) is 9.69 Å². The van der Waals surface area contributed by atoms with Crippen LogP contribution in [-0.4, -0.2) is 43.3 Å². The molecule has 17 heavy (non-hydrogen) atoms. The first-order valence-electron chi connectivity index (χ1n) is 4.99. The number of carbonyl (C=O) groups excluding carboxylic acids is 1. The normalized spacial score (nSPS) is 13.6. The van der Waals surface area contributed by atoms with Crippen molar-refractivity contribution in [2.45, 2.75) is 26.1 Å². The number of methoxy groups -OCH3 is 1. The zero-order chi connectivity index (χ0) is 13.6. The second-order valence-corrected chi connectivity index (χ2v) is 3.82. The lowest BCUT2D eigenvalue weighted by molar-refractivity contribution is -0.166. The monoisotopic (exact) mass is 252 g/mol. The summed E-state index contributed by atoms with van der Waals surface area (Å²) in [6, 6.07) is 0.915. The van der Waals surface area contributed by atoms with Crippen molar-refractivity contribution in [3.05, 3.63) is 0 Å². The molecule has 1 atom stereocenters. The van der Waals surface area contributed by atoms with Crippen LogP contribution in [0, 0.1) is 17.2 Å². The van der Waals surface area contributed by atoms with Crippen molar-refractivity contribution in [3.63, 3.8) is 0 Å². The molecule has 0 aliphatic heterocycles. The van der Waals surface area contributed by atoms with Crippen LogP contribution in [0.2, 0.25) is 0 Å². The molecule has 0 fully saturated rings. The van der Waals surface area contributed by atoms with E-state index in [0.29, 0.717) is 0 Å². The van der Waals surface area contributed by atoms with Crippen molar-refractivity contribution in [1.82, 2.24) is 4.90 Å². The number of carbonyl (C=O) groups is 1. The molecule has 0 radical (unpaired) electrons. The molecule has 0 saturated carbocycles. The van der Waals surface area contributed by atoms with Gasteiger partial charge in [0.2, 0.25) is 0 Å². The van der Waals surface area contributed by atoms with Gasteiger partial charge < -0.3 is 4.74 Å². The molecule has 4 nitrogen and oxygen atoms in total. The number of nitrogens with zero attached hydrogens (tertiary/aromatic N) is 2. The van der Waals surface area contributed by atoms with E-state index in [1.54, 1.807) is 13.8 Å². The number of rotatable bonds is 5. The minimum Gasteiger partial charge on any atom is -0.468 e. The van der Waals surface area contributed by atoms with Gasteiger partial charge in [0.15, 0.2) is 5.92 Å². The lowest BCUT2D eigenvalue weighted by atomic mass is 10.1. The molecule has 0 heterocycles. The van der Waals surface area contributed by atoms with Gasteiger partial charge >= 0.3 is 12.1 Å². The van der Waals surface area contributed by atoms with Gasteiger partial charge in [0.25, 0.3) is 0 Å². The zero-order valence-electron chi connectivity index (χ0n) is 9.91. The minimum absolute atomic E-state index is 0.261. The van der Waals surface area contributed by atoms with Gasteiger partial charge in [0.05, 0.1) is 19.7 Å². The first kappa shape index (κ1) is 15.7. The van der Waals surface area contributed by atoms with E-state index in [1.165, 1.54) is 11.0 Å².